The molecule has 0 unspecified atom stereocenters. The first kappa shape index (κ1) is 13.3. The molecule has 20 heavy (non-hydrogen) atoms. The summed E-state index contributed by atoms with van der Waals surface area (Å²) in [6.45, 7) is 0. The average Bonchev–Trinajstić information content (AvgIpc) is 2.91. The molecule has 0 bridgehead atoms. The number of nitrogen functional groups attached to an aromatic ring is 1. The minimum Gasteiger partial charge on any atom is -0.399 e. The Kier molecular flexibility index (Phi) is 3.54. The van der Waals surface area contributed by atoms with E-state index in [1.165, 1.54) is 17.4 Å². The maximum Gasteiger partial charge on any atom is 0.133 e. The summed E-state index contributed by atoms with van der Waals surface area (Å²) in [7, 11) is 0. The molecule has 0 aliphatic rings. The van der Waals surface area contributed by atoms with E-state index < -0.39 is 0 Å². The maximum absolute atomic E-state index is 13.9. The minimum atomic E-state index is -0.276. The van der Waals surface area contributed by atoms with Crippen LogP contribution >= 0.6 is 27.3 Å². The Balaban J connectivity index is 2.04. The monoisotopic (exact) mass is 348 g/mol. The Morgan fingerprint density at radius 3 is 2.80 bits per heavy atom. The number of hydrogen-bond donors (Lipinski definition) is 1. The van der Waals surface area contributed by atoms with Gasteiger partial charge in [0.1, 0.15) is 10.8 Å². The van der Waals surface area contributed by atoms with E-state index in [9.17, 15) is 4.39 Å². The average molecular weight is 349 g/mol. The zero-order chi connectivity index (χ0) is 14.1. The quantitative estimate of drug-likeness (QED) is 0.664. The fourth-order valence-electron chi connectivity index (χ4n) is 1.89. The molecule has 5 heteroatoms. The Bertz CT molecular complexity index is 770. The van der Waals surface area contributed by atoms with E-state index in [4.69, 9.17) is 5.73 Å². The summed E-state index contributed by atoms with van der Waals surface area (Å²) in [5.41, 5.74) is 8.69. The van der Waals surface area contributed by atoms with Crippen LogP contribution in [-0.2, 0) is 0 Å². The van der Waals surface area contributed by atoms with Crippen LogP contribution < -0.4 is 5.73 Å². The van der Waals surface area contributed by atoms with Crippen molar-refractivity contribution in [3.05, 3.63) is 58.1 Å². The Hall–Kier alpha value is -1.72. The molecule has 0 saturated heterocycles. The number of rotatable bonds is 2. The number of nitrogens with two attached hydrogens (primary N) is 1. The second kappa shape index (κ2) is 5.34. The third-order valence-electron chi connectivity index (χ3n) is 2.85. The van der Waals surface area contributed by atoms with Gasteiger partial charge in [0.2, 0.25) is 0 Å². The van der Waals surface area contributed by atoms with Crippen molar-refractivity contribution in [1.82, 2.24) is 4.98 Å². The largest absolute Gasteiger partial charge is 0.399 e. The van der Waals surface area contributed by atoms with Crippen molar-refractivity contribution in [3.63, 3.8) is 0 Å². The topological polar surface area (TPSA) is 38.9 Å². The highest BCUT2D eigenvalue weighted by atomic mass is 79.9. The molecular weight excluding hydrogens is 339 g/mol. The van der Waals surface area contributed by atoms with Crippen molar-refractivity contribution in [2.75, 3.05) is 5.73 Å². The molecule has 2 nitrogen and oxygen atoms in total. The first-order valence-corrected chi connectivity index (χ1v) is 7.57. The summed E-state index contributed by atoms with van der Waals surface area (Å²) >= 11 is 4.76. The molecule has 3 rings (SSSR count). The summed E-state index contributed by atoms with van der Waals surface area (Å²) < 4.78 is 14.7. The summed E-state index contributed by atoms with van der Waals surface area (Å²) in [5.74, 6) is -0.276. The third kappa shape index (κ3) is 2.59. The summed E-state index contributed by atoms with van der Waals surface area (Å²) in [4.78, 5) is 4.50. The molecule has 2 N–H and O–H groups in total. The first-order valence-electron chi connectivity index (χ1n) is 5.90. The van der Waals surface area contributed by atoms with Crippen molar-refractivity contribution in [1.29, 1.82) is 0 Å². The fraction of sp³-hybridized carbons (Fsp3) is 0. The van der Waals surface area contributed by atoms with Crippen molar-refractivity contribution in [3.8, 4) is 21.8 Å². The van der Waals surface area contributed by atoms with Gasteiger partial charge in [-0.2, -0.15) is 0 Å². The number of aromatic nitrogens is 1. The van der Waals surface area contributed by atoms with E-state index in [-0.39, 0.29) is 5.82 Å². The van der Waals surface area contributed by atoms with E-state index in [0.717, 1.165) is 15.7 Å². The lowest BCUT2D eigenvalue weighted by atomic mass is 10.1. The molecule has 1 aromatic heterocycles. The molecule has 1 heterocycles. The van der Waals surface area contributed by atoms with Gasteiger partial charge in [-0.1, -0.05) is 28.1 Å². The molecule has 3 aromatic rings. The Morgan fingerprint density at radius 1 is 1.15 bits per heavy atom. The van der Waals surface area contributed by atoms with Crippen LogP contribution in [0.2, 0.25) is 0 Å². The number of anilines is 1. The van der Waals surface area contributed by atoms with Crippen LogP contribution in [0.5, 0.6) is 0 Å². The molecule has 0 spiro atoms. The number of halogens is 2. The molecule has 100 valence electrons. The number of hydrogen-bond acceptors (Lipinski definition) is 3. The normalized spacial score (nSPS) is 10.7. The molecule has 0 aliphatic carbocycles. The van der Waals surface area contributed by atoms with Crippen molar-refractivity contribution < 1.29 is 4.39 Å². The van der Waals surface area contributed by atoms with Crippen LogP contribution in [0.3, 0.4) is 0 Å². The van der Waals surface area contributed by atoms with E-state index in [1.807, 2.05) is 29.6 Å². The number of benzene rings is 2. The van der Waals surface area contributed by atoms with E-state index in [0.29, 0.717) is 16.3 Å². The molecule has 0 fully saturated rings. The third-order valence-corrected chi connectivity index (χ3v) is 4.21. The van der Waals surface area contributed by atoms with Crippen molar-refractivity contribution >= 4 is 33.0 Å². The van der Waals surface area contributed by atoms with Gasteiger partial charge in [-0.15, -0.1) is 11.3 Å². The lowest BCUT2D eigenvalue weighted by Crippen LogP contribution is -1.86. The molecule has 0 amide bonds. The van der Waals surface area contributed by atoms with Crippen LogP contribution in [0, 0.1) is 5.82 Å². The van der Waals surface area contributed by atoms with Gasteiger partial charge < -0.3 is 5.73 Å². The smallest absolute Gasteiger partial charge is 0.133 e. The number of thiazole rings is 1. The van der Waals surface area contributed by atoms with E-state index in [1.54, 1.807) is 12.1 Å². The van der Waals surface area contributed by atoms with Crippen molar-refractivity contribution in [2.24, 2.45) is 0 Å². The predicted octanol–water partition coefficient (Wildman–Crippen LogP) is 4.96. The summed E-state index contributed by atoms with van der Waals surface area (Å²) in [6, 6.07) is 12.3. The van der Waals surface area contributed by atoms with Crippen LogP contribution in [-0.4, -0.2) is 4.98 Å². The van der Waals surface area contributed by atoms with Gasteiger partial charge in [-0.3, -0.25) is 0 Å². The zero-order valence-electron chi connectivity index (χ0n) is 10.3. The number of nitrogens with zero attached hydrogens (tertiary/aromatic N) is 1. The van der Waals surface area contributed by atoms with Gasteiger partial charge in [0.15, 0.2) is 0 Å². The molecule has 0 aliphatic heterocycles. The van der Waals surface area contributed by atoms with E-state index in [2.05, 4.69) is 20.9 Å². The lowest BCUT2D eigenvalue weighted by molar-refractivity contribution is 0.631. The van der Waals surface area contributed by atoms with Crippen LogP contribution in [0.15, 0.2) is 52.3 Å². The predicted molar refractivity (Wildman–Crippen MR) is 85.1 cm³/mol. The van der Waals surface area contributed by atoms with Gasteiger partial charge in [0.05, 0.1) is 5.69 Å². The summed E-state index contributed by atoms with van der Waals surface area (Å²) in [5, 5.41) is 2.56. The maximum atomic E-state index is 13.9. The molecule has 0 radical (unpaired) electrons. The van der Waals surface area contributed by atoms with Gasteiger partial charge in [-0.05, 0) is 30.3 Å². The van der Waals surface area contributed by atoms with Crippen LogP contribution in [0.4, 0.5) is 10.1 Å². The molecule has 0 atom stereocenters. The molecule has 2 aromatic carbocycles. The molecule has 0 saturated carbocycles. The summed E-state index contributed by atoms with van der Waals surface area (Å²) in [6.07, 6.45) is 0. The van der Waals surface area contributed by atoms with Crippen LogP contribution in [0.25, 0.3) is 21.8 Å². The fourth-order valence-corrected chi connectivity index (χ4v) is 3.10. The lowest BCUT2D eigenvalue weighted by Gasteiger charge is -2.00. The van der Waals surface area contributed by atoms with Gasteiger partial charge in [-0.25, -0.2) is 9.37 Å². The Labute approximate surface area is 128 Å². The van der Waals surface area contributed by atoms with Gasteiger partial charge in [0.25, 0.3) is 0 Å². The van der Waals surface area contributed by atoms with Gasteiger partial charge in [0, 0.05) is 26.7 Å². The minimum absolute atomic E-state index is 0.276. The zero-order valence-corrected chi connectivity index (χ0v) is 12.7. The Morgan fingerprint density at radius 2 is 2.00 bits per heavy atom. The SMILES string of the molecule is Nc1cccc(-c2csc(-c3cc(Br)ccc3F)n2)c1. The standard InChI is InChI=1S/C15H10BrFN2S/c16-10-4-5-13(17)12(7-10)15-19-14(8-20-15)9-2-1-3-11(18)6-9/h1-8H,18H2. The van der Waals surface area contributed by atoms with E-state index >= 15 is 0 Å². The molecular formula is C15H10BrFN2S. The second-order valence-corrected chi connectivity index (χ2v) is 6.06. The highest BCUT2D eigenvalue weighted by Gasteiger charge is 2.11. The van der Waals surface area contributed by atoms with Gasteiger partial charge >= 0.3 is 0 Å². The highest BCUT2D eigenvalue weighted by Crippen LogP contribution is 2.32. The first-order chi connectivity index (χ1) is 9.63. The second-order valence-electron chi connectivity index (χ2n) is 4.29. The highest BCUT2D eigenvalue weighted by molar-refractivity contribution is 9.10. The van der Waals surface area contributed by atoms with Crippen LogP contribution in [0.1, 0.15) is 0 Å². The van der Waals surface area contributed by atoms with Crippen molar-refractivity contribution in [2.45, 2.75) is 0 Å².